The highest BCUT2D eigenvalue weighted by Gasteiger charge is 2.25. The number of rotatable bonds is 5. The normalized spacial score (nSPS) is 11.7. The van der Waals surface area contributed by atoms with Crippen molar-refractivity contribution in [3.05, 3.63) is 34.1 Å². The van der Waals surface area contributed by atoms with Crippen LogP contribution in [0.15, 0.2) is 22.7 Å². The minimum Gasteiger partial charge on any atom is -0.481 e. The Labute approximate surface area is 115 Å². The number of hydrogen-bond donors (Lipinski definition) is 3. The van der Waals surface area contributed by atoms with Crippen LogP contribution in [0.5, 0.6) is 0 Å². The molecule has 0 heterocycles. The fourth-order valence-corrected chi connectivity index (χ4v) is 1.84. The van der Waals surface area contributed by atoms with Crippen molar-refractivity contribution in [1.82, 2.24) is 5.32 Å². The first-order valence-electron chi connectivity index (χ1n) is 5.02. The monoisotopic (exact) mass is 333 g/mol. The molecule has 0 aliphatic rings. The van der Waals surface area contributed by atoms with E-state index in [-0.39, 0.29) is 10.0 Å². The second kappa shape index (κ2) is 6.28. The van der Waals surface area contributed by atoms with Crippen LogP contribution >= 0.6 is 15.9 Å². The molecule has 1 amide bonds. The van der Waals surface area contributed by atoms with Crippen LogP contribution in [0.25, 0.3) is 0 Å². The molecule has 8 heteroatoms. The maximum atomic E-state index is 13.5. The van der Waals surface area contributed by atoms with Gasteiger partial charge < -0.3 is 15.5 Å². The summed E-state index contributed by atoms with van der Waals surface area (Å²) in [6.07, 6.45) is -0.798. The van der Waals surface area contributed by atoms with Gasteiger partial charge in [0.15, 0.2) is 0 Å². The number of nitrogens with one attached hydrogen (secondary N) is 1. The largest absolute Gasteiger partial charge is 0.481 e. The van der Waals surface area contributed by atoms with Gasteiger partial charge in [-0.1, -0.05) is 6.07 Å². The highest BCUT2D eigenvalue weighted by molar-refractivity contribution is 9.10. The predicted molar refractivity (Wildman–Crippen MR) is 65.2 cm³/mol. The molecule has 0 fully saturated rings. The van der Waals surface area contributed by atoms with Crippen molar-refractivity contribution in [1.29, 1.82) is 0 Å². The molecular formula is C11H9BrFNO5. The van der Waals surface area contributed by atoms with Gasteiger partial charge in [-0.25, -0.2) is 9.18 Å². The lowest BCUT2D eigenvalue weighted by Gasteiger charge is -2.13. The molecule has 1 aromatic rings. The molecular weight excluding hydrogens is 325 g/mol. The van der Waals surface area contributed by atoms with Crippen molar-refractivity contribution in [3.8, 4) is 0 Å². The summed E-state index contributed by atoms with van der Waals surface area (Å²) in [7, 11) is 0. The Hall–Kier alpha value is -1.96. The molecule has 0 unspecified atom stereocenters. The summed E-state index contributed by atoms with van der Waals surface area (Å²) in [6.45, 7) is 0. The van der Waals surface area contributed by atoms with Crippen LogP contribution in [0.1, 0.15) is 16.8 Å². The van der Waals surface area contributed by atoms with Crippen molar-refractivity contribution in [2.75, 3.05) is 0 Å². The molecule has 19 heavy (non-hydrogen) atoms. The van der Waals surface area contributed by atoms with E-state index in [1.165, 1.54) is 12.1 Å². The molecule has 0 aliphatic heterocycles. The lowest BCUT2D eigenvalue weighted by atomic mass is 10.1. The lowest BCUT2D eigenvalue weighted by Crippen LogP contribution is -2.42. The number of carboxylic acid groups (broad SMARTS) is 2. The third-order valence-corrected chi connectivity index (χ3v) is 2.83. The van der Waals surface area contributed by atoms with E-state index in [4.69, 9.17) is 10.2 Å². The Bertz CT molecular complexity index is 514. The lowest BCUT2D eigenvalue weighted by molar-refractivity contribution is -0.145. The van der Waals surface area contributed by atoms with Crippen molar-refractivity contribution in [2.24, 2.45) is 0 Å². The van der Waals surface area contributed by atoms with Gasteiger partial charge in [0.05, 0.1) is 12.0 Å². The molecule has 6 nitrogen and oxygen atoms in total. The van der Waals surface area contributed by atoms with E-state index in [0.717, 1.165) is 6.07 Å². The SMILES string of the molecule is O=C(O)C[C@@H](NC(=O)c1c(F)cccc1Br)C(=O)O. The van der Waals surface area contributed by atoms with Crippen LogP contribution in [-0.2, 0) is 9.59 Å². The number of benzene rings is 1. The quantitative estimate of drug-likeness (QED) is 0.752. The average molecular weight is 334 g/mol. The fraction of sp³-hybridized carbons (Fsp3) is 0.182. The fourth-order valence-electron chi connectivity index (χ4n) is 1.32. The summed E-state index contributed by atoms with van der Waals surface area (Å²) in [5.41, 5.74) is -0.376. The van der Waals surface area contributed by atoms with E-state index < -0.39 is 36.1 Å². The summed E-state index contributed by atoms with van der Waals surface area (Å²) in [5, 5.41) is 19.3. The highest BCUT2D eigenvalue weighted by atomic mass is 79.9. The minimum atomic E-state index is -1.63. The number of carbonyl (C=O) groups is 3. The third-order valence-electron chi connectivity index (χ3n) is 2.17. The number of carboxylic acids is 2. The standard InChI is InChI=1S/C11H9BrFNO5/c12-5-2-1-3-6(13)9(5)10(17)14-7(11(18)19)4-8(15)16/h1-3,7H,4H2,(H,14,17)(H,15,16)(H,18,19)/t7-/m1/s1. The molecule has 1 atom stereocenters. The third kappa shape index (κ3) is 4.02. The van der Waals surface area contributed by atoms with Crippen molar-refractivity contribution >= 4 is 33.8 Å². The summed E-state index contributed by atoms with van der Waals surface area (Å²) in [4.78, 5) is 33.0. The van der Waals surface area contributed by atoms with Crippen LogP contribution in [0.2, 0.25) is 0 Å². The maximum absolute atomic E-state index is 13.5. The molecule has 0 spiro atoms. The molecule has 0 aromatic heterocycles. The second-order valence-corrected chi connectivity index (χ2v) is 4.41. The number of hydrogen-bond acceptors (Lipinski definition) is 3. The minimum absolute atomic E-state index is 0.143. The molecule has 3 N–H and O–H groups in total. The van der Waals surface area contributed by atoms with E-state index in [2.05, 4.69) is 15.9 Å². The number of halogens is 2. The van der Waals surface area contributed by atoms with E-state index >= 15 is 0 Å². The number of aliphatic carboxylic acids is 2. The molecule has 0 saturated carbocycles. The molecule has 0 radical (unpaired) electrons. The van der Waals surface area contributed by atoms with Gasteiger partial charge in [0.25, 0.3) is 5.91 Å². The van der Waals surface area contributed by atoms with Gasteiger partial charge in [0.1, 0.15) is 11.9 Å². The van der Waals surface area contributed by atoms with E-state index in [9.17, 15) is 18.8 Å². The topological polar surface area (TPSA) is 104 Å². The zero-order valence-electron chi connectivity index (χ0n) is 9.39. The van der Waals surface area contributed by atoms with E-state index in [1.54, 1.807) is 0 Å². The number of amides is 1. The highest BCUT2D eigenvalue weighted by Crippen LogP contribution is 2.19. The zero-order chi connectivity index (χ0) is 14.6. The smallest absolute Gasteiger partial charge is 0.326 e. The second-order valence-electron chi connectivity index (χ2n) is 3.56. The van der Waals surface area contributed by atoms with Crippen LogP contribution in [-0.4, -0.2) is 34.1 Å². The van der Waals surface area contributed by atoms with Crippen molar-refractivity contribution in [2.45, 2.75) is 12.5 Å². The van der Waals surface area contributed by atoms with Crippen LogP contribution in [0.3, 0.4) is 0 Å². The van der Waals surface area contributed by atoms with Gasteiger partial charge in [-0.05, 0) is 28.1 Å². The first kappa shape index (κ1) is 15.1. The van der Waals surface area contributed by atoms with Gasteiger partial charge in [0.2, 0.25) is 0 Å². The van der Waals surface area contributed by atoms with Crippen LogP contribution < -0.4 is 5.32 Å². The van der Waals surface area contributed by atoms with Crippen molar-refractivity contribution in [3.63, 3.8) is 0 Å². The van der Waals surface area contributed by atoms with E-state index in [0.29, 0.717) is 0 Å². The molecule has 0 aliphatic carbocycles. The molecule has 102 valence electrons. The van der Waals surface area contributed by atoms with Crippen molar-refractivity contribution < 1.29 is 29.0 Å². The predicted octanol–water partition coefficient (Wildman–Crippen LogP) is 1.25. The van der Waals surface area contributed by atoms with Gasteiger partial charge in [-0.3, -0.25) is 9.59 Å². The molecule has 1 aromatic carbocycles. The number of carbonyl (C=O) groups excluding carboxylic acids is 1. The summed E-state index contributed by atoms with van der Waals surface area (Å²) < 4.78 is 13.6. The Kier molecular flexibility index (Phi) is 4.99. The molecule has 0 bridgehead atoms. The Morgan fingerprint density at radius 1 is 1.32 bits per heavy atom. The van der Waals surface area contributed by atoms with Crippen LogP contribution in [0.4, 0.5) is 4.39 Å². The van der Waals surface area contributed by atoms with Gasteiger partial charge >= 0.3 is 11.9 Å². The first-order valence-corrected chi connectivity index (χ1v) is 5.81. The summed E-state index contributed by atoms with van der Waals surface area (Å²) in [5.74, 6) is -4.74. The van der Waals surface area contributed by atoms with Gasteiger partial charge in [0, 0.05) is 4.47 Å². The average Bonchev–Trinajstić information content (AvgIpc) is 2.27. The zero-order valence-corrected chi connectivity index (χ0v) is 11.0. The summed E-state index contributed by atoms with van der Waals surface area (Å²) in [6, 6.07) is 2.18. The Morgan fingerprint density at radius 3 is 2.42 bits per heavy atom. The molecule has 1 rings (SSSR count). The molecule has 0 saturated heterocycles. The maximum Gasteiger partial charge on any atom is 0.326 e. The van der Waals surface area contributed by atoms with Gasteiger partial charge in [-0.15, -0.1) is 0 Å². The Morgan fingerprint density at radius 2 is 1.95 bits per heavy atom. The van der Waals surface area contributed by atoms with Crippen LogP contribution in [0, 0.1) is 5.82 Å². The Balaban J connectivity index is 2.94. The summed E-state index contributed by atoms with van der Waals surface area (Å²) >= 11 is 2.96. The first-order chi connectivity index (χ1) is 8.82. The van der Waals surface area contributed by atoms with E-state index in [1.807, 2.05) is 5.32 Å². The van der Waals surface area contributed by atoms with Gasteiger partial charge in [-0.2, -0.15) is 0 Å².